The first-order chi connectivity index (χ1) is 16.5. The van der Waals surface area contributed by atoms with Crippen LogP contribution >= 0.6 is 0 Å². The molecular weight excluding hydrogens is 430 g/mol. The van der Waals surface area contributed by atoms with Crippen molar-refractivity contribution in [2.24, 2.45) is 5.41 Å². The van der Waals surface area contributed by atoms with E-state index in [0.717, 1.165) is 44.8 Å². The van der Waals surface area contributed by atoms with Crippen molar-refractivity contribution in [1.82, 2.24) is 14.7 Å². The third-order valence-electron chi connectivity index (χ3n) is 7.10. The lowest BCUT2D eigenvalue weighted by Gasteiger charge is -2.42. The number of ether oxygens (including phenoxy) is 2. The molecule has 0 bridgehead atoms. The van der Waals surface area contributed by atoms with E-state index in [1.54, 1.807) is 13.2 Å². The lowest BCUT2D eigenvalue weighted by molar-refractivity contribution is -0.136. The molecule has 2 saturated heterocycles. The van der Waals surface area contributed by atoms with E-state index in [2.05, 4.69) is 11.9 Å². The fourth-order valence-electron chi connectivity index (χ4n) is 4.74. The minimum atomic E-state index is -0.290. The number of piperazine rings is 1. The van der Waals surface area contributed by atoms with E-state index >= 15 is 0 Å². The minimum Gasteiger partial charge on any atom is -0.497 e. The fourth-order valence-corrected chi connectivity index (χ4v) is 4.74. The second-order valence-corrected chi connectivity index (χ2v) is 9.49. The summed E-state index contributed by atoms with van der Waals surface area (Å²) in [7, 11) is 3.69. The van der Waals surface area contributed by atoms with Gasteiger partial charge in [0.25, 0.3) is 5.91 Å². The van der Waals surface area contributed by atoms with E-state index in [1.165, 1.54) is 0 Å². The molecule has 0 atom stereocenters. The molecule has 0 aliphatic carbocycles. The fraction of sp³-hybridized carbons (Fsp3) is 0.481. The number of likely N-dealkylation sites (N-methyl/N-ethyl adjacent to an activating group) is 1. The molecule has 0 N–H and O–H groups in total. The Kier molecular flexibility index (Phi) is 7.73. The Hall–Kier alpha value is -3.06. The Balaban J connectivity index is 1.44. The summed E-state index contributed by atoms with van der Waals surface area (Å²) in [5, 5.41) is 0. The first-order valence-corrected chi connectivity index (χ1v) is 12.1. The average Bonchev–Trinajstić information content (AvgIpc) is 2.88. The molecule has 2 aliphatic rings. The topological polar surface area (TPSA) is 62.3 Å². The zero-order valence-corrected chi connectivity index (χ0v) is 20.2. The van der Waals surface area contributed by atoms with Crippen molar-refractivity contribution in [3.63, 3.8) is 0 Å². The predicted octanol–water partition coefficient (Wildman–Crippen LogP) is 3.16. The third kappa shape index (κ3) is 5.89. The van der Waals surface area contributed by atoms with Gasteiger partial charge in [0.05, 0.1) is 13.7 Å². The van der Waals surface area contributed by atoms with E-state index in [1.807, 2.05) is 58.3 Å². The molecule has 2 heterocycles. The Labute approximate surface area is 202 Å². The SMILES string of the molecule is COc1cccc(C(=O)N2CCC(COc3ccccc3)(CC(=O)N3CCN(C)CC3)CC2)c1. The van der Waals surface area contributed by atoms with Crippen LogP contribution in [0.2, 0.25) is 0 Å². The molecule has 2 aliphatic heterocycles. The van der Waals surface area contributed by atoms with Crippen LogP contribution in [0.5, 0.6) is 11.5 Å². The van der Waals surface area contributed by atoms with Crippen LogP contribution < -0.4 is 9.47 Å². The predicted molar refractivity (Wildman–Crippen MR) is 131 cm³/mol. The van der Waals surface area contributed by atoms with Crippen LogP contribution in [0.3, 0.4) is 0 Å². The monoisotopic (exact) mass is 465 g/mol. The van der Waals surface area contributed by atoms with Crippen LogP contribution in [0.4, 0.5) is 0 Å². The second kappa shape index (κ2) is 10.9. The molecule has 0 spiro atoms. The second-order valence-electron chi connectivity index (χ2n) is 9.49. The molecule has 0 unspecified atom stereocenters. The molecule has 34 heavy (non-hydrogen) atoms. The van der Waals surface area contributed by atoms with Gasteiger partial charge in [-0.2, -0.15) is 0 Å². The van der Waals surface area contributed by atoms with Gasteiger partial charge in [-0.15, -0.1) is 0 Å². The molecule has 2 amide bonds. The van der Waals surface area contributed by atoms with Gasteiger partial charge in [0, 0.05) is 56.7 Å². The summed E-state index contributed by atoms with van der Waals surface area (Å²) in [6.07, 6.45) is 1.91. The van der Waals surface area contributed by atoms with Gasteiger partial charge in [-0.3, -0.25) is 9.59 Å². The number of likely N-dealkylation sites (tertiary alicyclic amines) is 1. The number of amides is 2. The van der Waals surface area contributed by atoms with Crippen molar-refractivity contribution in [2.45, 2.75) is 19.3 Å². The summed E-state index contributed by atoms with van der Waals surface area (Å²) in [4.78, 5) is 32.5. The molecule has 7 heteroatoms. The van der Waals surface area contributed by atoms with E-state index < -0.39 is 0 Å². The standard InChI is InChI=1S/C27H35N3O4/c1-28-15-17-29(18-16-28)25(31)20-27(21-34-23-8-4-3-5-9-23)11-13-30(14-12-27)26(32)22-7-6-10-24(19-22)33-2/h3-10,19H,11-18,20-21H2,1-2H3. The molecule has 2 aromatic carbocycles. The van der Waals surface area contributed by atoms with Crippen LogP contribution in [-0.2, 0) is 4.79 Å². The van der Waals surface area contributed by atoms with Crippen molar-refractivity contribution < 1.29 is 19.1 Å². The highest BCUT2D eigenvalue weighted by Crippen LogP contribution is 2.37. The van der Waals surface area contributed by atoms with Crippen molar-refractivity contribution in [2.75, 3.05) is 60.0 Å². The lowest BCUT2D eigenvalue weighted by Crippen LogP contribution is -2.51. The molecule has 0 saturated carbocycles. The molecule has 2 fully saturated rings. The van der Waals surface area contributed by atoms with Gasteiger partial charge < -0.3 is 24.2 Å². The van der Waals surface area contributed by atoms with Crippen molar-refractivity contribution in [3.05, 3.63) is 60.2 Å². The molecule has 182 valence electrons. The van der Waals surface area contributed by atoms with E-state index in [0.29, 0.717) is 37.4 Å². The van der Waals surface area contributed by atoms with E-state index in [4.69, 9.17) is 9.47 Å². The van der Waals surface area contributed by atoms with E-state index in [9.17, 15) is 9.59 Å². The quantitative estimate of drug-likeness (QED) is 0.629. The molecule has 7 nitrogen and oxygen atoms in total. The highest BCUT2D eigenvalue weighted by molar-refractivity contribution is 5.94. The maximum atomic E-state index is 13.3. The number of para-hydroxylation sites is 1. The first-order valence-electron chi connectivity index (χ1n) is 12.1. The zero-order valence-electron chi connectivity index (χ0n) is 20.2. The molecule has 0 aromatic heterocycles. The summed E-state index contributed by atoms with van der Waals surface area (Å²) in [6, 6.07) is 17.0. The van der Waals surface area contributed by atoms with Crippen LogP contribution in [-0.4, -0.2) is 86.5 Å². The largest absolute Gasteiger partial charge is 0.497 e. The highest BCUT2D eigenvalue weighted by Gasteiger charge is 2.40. The Bertz CT molecular complexity index is 965. The maximum absolute atomic E-state index is 13.3. The number of nitrogens with zero attached hydrogens (tertiary/aromatic N) is 3. The number of benzene rings is 2. The number of carbonyl (C=O) groups is 2. The Morgan fingerprint density at radius 2 is 1.53 bits per heavy atom. The Morgan fingerprint density at radius 3 is 2.21 bits per heavy atom. The summed E-state index contributed by atoms with van der Waals surface area (Å²) in [6.45, 7) is 5.02. The van der Waals surface area contributed by atoms with Crippen molar-refractivity contribution in [1.29, 1.82) is 0 Å². The average molecular weight is 466 g/mol. The number of piperidine rings is 1. The number of hydrogen-bond acceptors (Lipinski definition) is 5. The van der Waals surface area contributed by atoms with Crippen molar-refractivity contribution in [3.8, 4) is 11.5 Å². The molecular formula is C27H35N3O4. The lowest BCUT2D eigenvalue weighted by atomic mass is 9.75. The maximum Gasteiger partial charge on any atom is 0.253 e. The number of hydrogen-bond donors (Lipinski definition) is 0. The summed E-state index contributed by atoms with van der Waals surface area (Å²) < 4.78 is 11.4. The van der Waals surface area contributed by atoms with Crippen LogP contribution in [0.25, 0.3) is 0 Å². The van der Waals surface area contributed by atoms with Gasteiger partial charge >= 0.3 is 0 Å². The zero-order chi connectivity index (χ0) is 24.0. The molecule has 2 aromatic rings. The van der Waals surface area contributed by atoms with Crippen molar-refractivity contribution >= 4 is 11.8 Å². The number of rotatable bonds is 7. The number of carbonyl (C=O) groups excluding carboxylic acids is 2. The smallest absolute Gasteiger partial charge is 0.253 e. The summed E-state index contributed by atoms with van der Waals surface area (Å²) in [5.41, 5.74) is 0.336. The Morgan fingerprint density at radius 1 is 0.853 bits per heavy atom. The minimum absolute atomic E-state index is 0.00173. The molecule has 0 radical (unpaired) electrons. The normalized spacial score (nSPS) is 18.4. The number of methoxy groups -OCH3 is 1. The van der Waals surface area contributed by atoms with Gasteiger partial charge in [0.2, 0.25) is 5.91 Å². The van der Waals surface area contributed by atoms with Crippen LogP contribution in [0, 0.1) is 5.41 Å². The third-order valence-corrected chi connectivity index (χ3v) is 7.10. The van der Waals surface area contributed by atoms with Gasteiger partial charge in [0.1, 0.15) is 11.5 Å². The van der Waals surface area contributed by atoms with Crippen LogP contribution in [0.15, 0.2) is 54.6 Å². The van der Waals surface area contributed by atoms with Crippen LogP contribution in [0.1, 0.15) is 29.6 Å². The molecule has 4 rings (SSSR count). The van der Waals surface area contributed by atoms with E-state index in [-0.39, 0.29) is 17.2 Å². The summed E-state index contributed by atoms with van der Waals surface area (Å²) >= 11 is 0. The highest BCUT2D eigenvalue weighted by atomic mass is 16.5. The van der Waals surface area contributed by atoms with Gasteiger partial charge in [0.15, 0.2) is 0 Å². The first kappa shape index (κ1) is 24.1. The summed E-state index contributed by atoms with van der Waals surface area (Å²) in [5.74, 6) is 1.68. The van der Waals surface area contributed by atoms with Gasteiger partial charge in [-0.1, -0.05) is 24.3 Å². The van der Waals surface area contributed by atoms with Gasteiger partial charge in [-0.25, -0.2) is 0 Å². The van der Waals surface area contributed by atoms with Gasteiger partial charge in [-0.05, 0) is 50.2 Å².